The average molecular weight is 278 g/mol. The van der Waals surface area contributed by atoms with Crippen LogP contribution >= 0.6 is 11.8 Å². The molecule has 0 saturated heterocycles. The molecule has 0 aliphatic heterocycles. The zero-order valence-electron chi connectivity index (χ0n) is 11.4. The number of aromatic amines is 1. The number of nitrogens with zero attached hydrogens (tertiary/aromatic N) is 1. The van der Waals surface area contributed by atoms with E-state index in [2.05, 4.69) is 4.98 Å². The van der Waals surface area contributed by atoms with Gasteiger partial charge in [-0.2, -0.15) is 11.8 Å². The molecule has 1 fully saturated rings. The zero-order valence-corrected chi connectivity index (χ0v) is 12.2. The topological polar surface area (TPSA) is 45.8 Å². The Labute approximate surface area is 118 Å². The molecule has 1 heterocycles. The van der Waals surface area contributed by atoms with Crippen molar-refractivity contribution in [1.29, 1.82) is 0 Å². The van der Waals surface area contributed by atoms with Crippen LogP contribution in [0.15, 0.2) is 4.79 Å². The van der Waals surface area contributed by atoms with Gasteiger partial charge in [-0.15, -0.1) is 0 Å². The van der Waals surface area contributed by atoms with Crippen molar-refractivity contribution in [2.45, 2.75) is 68.8 Å². The van der Waals surface area contributed by atoms with Crippen LogP contribution in [0.4, 0.5) is 0 Å². The van der Waals surface area contributed by atoms with Crippen LogP contribution in [0.2, 0.25) is 0 Å². The molecule has 3 nitrogen and oxygen atoms in total. The molecule has 0 atom stereocenters. The van der Waals surface area contributed by atoms with Gasteiger partial charge in [0.25, 0.3) is 5.56 Å². The lowest BCUT2D eigenvalue weighted by Crippen LogP contribution is -2.19. The Hall–Kier alpha value is -0.770. The van der Waals surface area contributed by atoms with E-state index in [1.165, 1.54) is 38.5 Å². The van der Waals surface area contributed by atoms with Crippen LogP contribution in [0.25, 0.3) is 0 Å². The lowest BCUT2D eigenvalue weighted by molar-refractivity contribution is 0.708. The molecule has 104 valence electrons. The van der Waals surface area contributed by atoms with Gasteiger partial charge < -0.3 is 4.98 Å². The third-order valence-corrected chi connectivity index (χ3v) is 5.63. The summed E-state index contributed by atoms with van der Waals surface area (Å²) in [6.45, 7) is 0. The standard InChI is InChI=1S/C15H22N2OS/c18-15-12-8-2-1-3-9-13(12)16-14(17-15)10-19-11-6-4-5-7-11/h11H,1-10H2,(H,16,17,18). The normalized spacial score (nSPS) is 20.2. The van der Waals surface area contributed by atoms with E-state index in [1.54, 1.807) is 0 Å². The summed E-state index contributed by atoms with van der Waals surface area (Å²) in [5.41, 5.74) is 2.14. The van der Waals surface area contributed by atoms with E-state index in [1.807, 2.05) is 11.8 Å². The first-order chi connectivity index (χ1) is 9.33. The molecular weight excluding hydrogens is 256 g/mol. The summed E-state index contributed by atoms with van der Waals surface area (Å²) in [7, 11) is 0. The van der Waals surface area contributed by atoms with Crippen molar-refractivity contribution in [1.82, 2.24) is 9.97 Å². The molecule has 1 aromatic heterocycles. The number of aryl methyl sites for hydroxylation is 1. The van der Waals surface area contributed by atoms with E-state index in [0.717, 1.165) is 47.3 Å². The van der Waals surface area contributed by atoms with Crippen molar-refractivity contribution in [2.24, 2.45) is 0 Å². The predicted molar refractivity (Wildman–Crippen MR) is 79.7 cm³/mol. The monoisotopic (exact) mass is 278 g/mol. The molecule has 0 spiro atoms. The Balaban J connectivity index is 1.73. The van der Waals surface area contributed by atoms with E-state index < -0.39 is 0 Å². The van der Waals surface area contributed by atoms with Gasteiger partial charge in [0.2, 0.25) is 0 Å². The molecule has 0 unspecified atom stereocenters. The van der Waals surface area contributed by atoms with Gasteiger partial charge in [0.1, 0.15) is 5.82 Å². The minimum atomic E-state index is 0.119. The molecular formula is C15H22N2OS. The van der Waals surface area contributed by atoms with Crippen molar-refractivity contribution in [3.8, 4) is 0 Å². The summed E-state index contributed by atoms with van der Waals surface area (Å²) < 4.78 is 0. The van der Waals surface area contributed by atoms with Gasteiger partial charge in [0.05, 0.1) is 11.4 Å². The Morgan fingerprint density at radius 2 is 1.89 bits per heavy atom. The molecule has 2 aliphatic rings. The van der Waals surface area contributed by atoms with Crippen LogP contribution in [0.1, 0.15) is 62.0 Å². The second-order valence-electron chi connectivity index (χ2n) is 5.72. The molecule has 19 heavy (non-hydrogen) atoms. The smallest absolute Gasteiger partial charge is 0.254 e. The summed E-state index contributed by atoms with van der Waals surface area (Å²) >= 11 is 1.97. The highest BCUT2D eigenvalue weighted by Crippen LogP contribution is 2.31. The number of fused-ring (bicyclic) bond motifs is 1. The summed E-state index contributed by atoms with van der Waals surface area (Å²) in [6.07, 6.45) is 10.8. The molecule has 1 saturated carbocycles. The number of hydrogen-bond donors (Lipinski definition) is 1. The zero-order chi connectivity index (χ0) is 13.1. The van der Waals surface area contributed by atoms with Crippen LogP contribution in [0, 0.1) is 0 Å². The number of hydrogen-bond acceptors (Lipinski definition) is 3. The molecule has 0 aromatic carbocycles. The summed E-state index contributed by atoms with van der Waals surface area (Å²) in [4.78, 5) is 19.8. The fraction of sp³-hybridized carbons (Fsp3) is 0.733. The lowest BCUT2D eigenvalue weighted by atomic mass is 10.1. The summed E-state index contributed by atoms with van der Waals surface area (Å²) in [6, 6.07) is 0. The maximum absolute atomic E-state index is 12.1. The lowest BCUT2D eigenvalue weighted by Gasteiger charge is -2.10. The Bertz CT molecular complexity index is 491. The number of aromatic nitrogens is 2. The molecule has 0 bridgehead atoms. The molecule has 3 rings (SSSR count). The third-order valence-electron chi connectivity index (χ3n) is 4.25. The van der Waals surface area contributed by atoms with E-state index >= 15 is 0 Å². The minimum absolute atomic E-state index is 0.119. The molecule has 0 amide bonds. The first kappa shape index (κ1) is 13.2. The molecule has 4 heteroatoms. The summed E-state index contributed by atoms with van der Waals surface area (Å²) in [5, 5.41) is 0.782. The molecule has 1 N–H and O–H groups in total. The quantitative estimate of drug-likeness (QED) is 0.864. The second kappa shape index (κ2) is 6.12. The Morgan fingerprint density at radius 3 is 2.74 bits per heavy atom. The van der Waals surface area contributed by atoms with Crippen LogP contribution < -0.4 is 5.56 Å². The van der Waals surface area contributed by atoms with Gasteiger partial charge in [-0.25, -0.2) is 4.98 Å². The highest BCUT2D eigenvalue weighted by atomic mass is 32.2. The van der Waals surface area contributed by atoms with E-state index in [-0.39, 0.29) is 5.56 Å². The van der Waals surface area contributed by atoms with Crippen molar-refractivity contribution in [2.75, 3.05) is 0 Å². The maximum Gasteiger partial charge on any atom is 0.254 e. The highest BCUT2D eigenvalue weighted by molar-refractivity contribution is 7.99. The van der Waals surface area contributed by atoms with Crippen molar-refractivity contribution < 1.29 is 0 Å². The fourth-order valence-electron chi connectivity index (χ4n) is 3.15. The van der Waals surface area contributed by atoms with Crippen LogP contribution in [0.5, 0.6) is 0 Å². The number of H-pyrrole nitrogens is 1. The summed E-state index contributed by atoms with van der Waals surface area (Å²) in [5.74, 6) is 1.76. The van der Waals surface area contributed by atoms with Gasteiger partial charge in [-0.3, -0.25) is 4.79 Å². The predicted octanol–water partition coefficient (Wildman–Crippen LogP) is 3.21. The van der Waals surface area contributed by atoms with Gasteiger partial charge in [-0.1, -0.05) is 19.3 Å². The minimum Gasteiger partial charge on any atom is -0.310 e. The molecule has 1 aromatic rings. The molecule has 2 aliphatic carbocycles. The third kappa shape index (κ3) is 3.22. The first-order valence-electron chi connectivity index (χ1n) is 7.55. The van der Waals surface area contributed by atoms with Crippen molar-refractivity contribution >= 4 is 11.8 Å². The van der Waals surface area contributed by atoms with Gasteiger partial charge >= 0.3 is 0 Å². The van der Waals surface area contributed by atoms with Crippen molar-refractivity contribution in [3.63, 3.8) is 0 Å². The van der Waals surface area contributed by atoms with E-state index in [4.69, 9.17) is 4.98 Å². The van der Waals surface area contributed by atoms with Gasteiger partial charge in [0.15, 0.2) is 0 Å². The van der Waals surface area contributed by atoms with Crippen molar-refractivity contribution in [3.05, 3.63) is 27.4 Å². The SMILES string of the molecule is O=c1[nH]c(CSC2CCCC2)nc2c1CCCCC2. The van der Waals surface area contributed by atoms with E-state index in [9.17, 15) is 4.79 Å². The number of thioether (sulfide) groups is 1. The van der Waals surface area contributed by atoms with Gasteiger partial charge in [0, 0.05) is 10.8 Å². The largest absolute Gasteiger partial charge is 0.310 e. The maximum atomic E-state index is 12.1. The first-order valence-corrected chi connectivity index (χ1v) is 8.60. The second-order valence-corrected chi connectivity index (χ2v) is 7.00. The fourth-order valence-corrected chi connectivity index (χ4v) is 4.35. The highest BCUT2D eigenvalue weighted by Gasteiger charge is 2.17. The van der Waals surface area contributed by atoms with Crippen LogP contribution in [0.3, 0.4) is 0 Å². The Kier molecular flexibility index (Phi) is 4.26. The Morgan fingerprint density at radius 1 is 1.11 bits per heavy atom. The van der Waals surface area contributed by atoms with Crippen LogP contribution in [-0.4, -0.2) is 15.2 Å². The van der Waals surface area contributed by atoms with Crippen LogP contribution in [-0.2, 0) is 18.6 Å². The average Bonchev–Trinajstić information content (AvgIpc) is 2.81. The number of nitrogens with one attached hydrogen (secondary N) is 1. The van der Waals surface area contributed by atoms with Gasteiger partial charge in [-0.05, 0) is 38.5 Å². The molecule has 0 radical (unpaired) electrons. The number of rotatable bonds is 3. The van der Waals surface area contributed by atoms with E-state index in [0.29, 0.717) is 0 Å².